The van der Waals surface area contributed by atoms with Gasteiger partial charge in [-0.3, -0.25) is 19.5 Å². The monoisotopic (exact) mass is 499 g/mol. The third kappa shape index (κ3) is 5.63. The van der Waals surface area contributed by atoms with E-state index in [0.717, 1.165) is 16.8 Å². The number of ketones is 1. The Balaban J connectivity index is 1.23. The molecule has 8 nitrogen and oxygen atoms in total. The van der Waals surface area contributed by atoms with Crippen molar-refractivity contribution in [2.45, 2.75) is 32.1 Å². The average molecular weight is 500 g/mol. The molecule has 0 atom stereocenters. The molecule has 2 aliphatic rings. The predicted molar refractivity (Wildman–Crippen MR) is 140 cm³/mol. The molecule has 3 aromatic rings. The quantitative estimate of drug-likeness (QED) is 0.484. The van der Waals surface area contributed by atoms with Gasteiger partial charge >= 0.3 is 12.0 Å². The van der Waals surface area contributed by atoms with E-state index in [4.69, 9.17) is 9.84 Å². The van der Waals surface area contributed by atoms with Crippen molar-refractivity contribution in [3.8, 4) is 16.9 Å². The highest BCUT2D eigenvalue weighted by molar-refractivity contribution is 6.03. The number of carboxylic acid groups (broad SMARTS) is 1. The Bertz CT molecular complexity index is 1280. The van der Waals surface area contributed by atoms with Crippen LogP contribution in [0.5, 0.6) is 5.75 Å². The highest BCUT2D eigenvalue weighted by Crippen LogP contribution is 2.36. The van der Waals surface area contributed by atoms with Crippen molar-refractivity contribution < 1.29 is 24.2 Å². The molecule has 1 aliphatic heterocycles. The second-order valence-electron chi connectivity index (χ2n) is 9.55. The Labute approximate surface area is 215 Å². The van der Waals surface area contributed by atoms with Crippen molar-refractivity contribution in [3.63, 3.8) is 0 Å². The van der Waals surface area contributed by atoms with E-state index in [2.05, 4.69) is 10.3 Å². The number of carbonyl (C=O) groups excluding carboxylic acids is 2. The van der Waals surface area contributed by atoms with Crippen molar-refractivity contribution in [3.05, 3.63) is 72.6 Å². The smallest absolute Gasteiger partial charge is 0.326 e. The van der Waals surface area contributed by atoms with E-state index in [9.17, 15) is 14.4 Å². The van der Waals surface area contributed by atoms with Gasteiger partial charge in [-0.2, -0.15) is 0 Å². The number of hydrogen-bond acceptors (Lipinski definition) is 5. The fraction of sp³-hybridized carbons (Fsp3) is 0.310. The maximum Gasteiger partial charge on any atom is 0.326 e. The molecule has 1 fully saturated rings. The maximum absolute atomic E-state index is 12.9. The second-order valence-corrected chi connectivity index (χ2v) is 9.55. The Hall–Kier alpha value is -4.20. The summed E-state index contributed by atoms with van der Waals surface area (Å²) < 4.78 is 5.86. The first kappa shape index (κ1) is 24.5. The number of Topliss-reactive ketones (excluding diaryl/α,β-unsaturated/α-hetero) is 1. The summed E-state index contributed by atoms with van der Waals surface area (Å²) in [7, 11) is 0. The Kier molecular flexibility index (Phi) is 7.16. The number of para-hydroxylation sites is 1. The van der Waals surface area contributed by atoms with Gasteiger partial charge in [-0.25, -0.2) is 4.79 Å². The lowest BCUT2D eigenvalue weighted by Crippen LogP contribution is -2.40. The highest BCUT2D eigenvalue weighted by Gasteiger charge is 2.30. The first-order valence-corrected chi connectivity index (χ1v) is 12.6. The number of aromatic nitrogens is 1. The van der Waals surface area contributed by atoms with Gasteiger partial charge in [0.1, 0.15) is 18.1 Å². The van der Waals surface area contributed by atoms with Gasteiger partial charge in [-0.05, 0) is 61.6 Å². The fourth-order valence-electron chi connectivity index (χ4n) is 5.01. The molecule has 0 saturated heterocycles. The van der Waals surface area contributed by atoms with Crippen LogP contribution in [0.3, 0.4) is 0 Å². The van der Waals surface area contributed by atoms with Gasteiger partial charge in [-0.1, -0.05) is 30.3 Å². The first-order valence-electron chi connectivity index (χ1n) is 12.6. The summed E-state index contributed by atoms with van der Waals surface area (Å²) in [6, 6.07) is 18.6. The molecule has 2 N–H and O–H groups in total. The number of amides is 2. The predicted octanol–water partition coefficient (Wildman–Crippen LogP) is 5.18. The molecule has 1 aliphatic carbocycles. The van der Waals surface area contributed by atoms with Gasteiger partial charge in [-0.15, -0.1) is 0 Å². The first-order chi connectivity index (χ1) is 18.0. The van der Waals surface area contributed by atoms with Gasteiger partial charge in [0.05, 0.1) is 18.2 Å². The van der Waals surface area contributed by atoms with Crippen LogP contribution in [0.15, 0.2) is 66.9 Å². The molecule has 1 saturated carbocycles. The van der Waals surface area contributed by atoms with Crippen LogP contribution < -0.4 is 15.0 Å². The van der Waals surface area contributed by atoms with Crippen LogP contribution >= 0.6 is 0 Å². The van der Waals surface area contributed by atoms with E-state index in [0.29, 0.717) is 56.0 Å². The number of ether oxygens (including phenoxy) is 1. The Morgan fingerprint density at radius 2 is 1.68 bits per heavy atom. The van der Waals surface area contributed by atoms with E-state index in [1.165, 1.54) is 0 Å². The molecule has 2 aromatic carbocycles. The lowest BCUT2D eigenvalue weighted by molar-refractivity contribution is -0.144. The van der Waals surface area contributed by atoms with Crippen LogP contribution in [0.1, 0.15) is 31.4 Å². The number of hydrogen-bond donors (Lipinski definition) is 2. The number of pyridine rings is 1. The number of urea groups is 1. The van der Waals surface area contributed by atoms with Crippen LogP contribution in [0, 0.1) is 11.8 Å². The fourth-order valence-corrected chi connectivity index (χ4v) is 5.01. The van der Waals surface area contributed by atoms with Gasteiger partial charge in [0.2, 0.25) is 0 Å². The zero-order valence-corrected chi connectivity index (χ0v) is 20.4. The molecule has 37 heavy (non-hydrogen) atoms. The second kappa shape index (κ2) is 10.8. The minimum atomic E-state index is -0.765. The van der Waals surface area contributed by atoms with E-state index >= 15 is 0 Å². The number of benzene rings is 2. The third-order valence-corrected chi connectivity index (χ3v) is 7.14. The van der Waals surface area contributed by atoms with Crippen molar-refractivity contribution in [2.75, 3.05) is 23.4 Å². The summed E-state index contributed by atoms with van der Waals surface area (Å²) in [6.07, 6.45) is 4.37. The van der Waals surface area contributed by atoms with E-state index in [1.54, 1.807) is 11.1 Å². The van der Waals surface area contributed by atoms with Gasteiger partial charge < -0.3 is 15.2 Å². The van der Waals surface area contributed by atoms with Crippen molar-refractivity contribution in [2.24, 2.45) is 11.8 Å². The minimum absolute atomic E-state index is 0.0862. The molecule has 0 radical (unpaired) electrons. The summed E-state index contributed by atoms with van der Waals surface area (Å²) in [4.78, 5) is 42.9. The summed E-state index contributed by atoms with van der Waals surface area (Å²) >= 11 is 0. The summed E-state index contributed by atoms with van der Waals surface area (Å²) in [6.45, 7) is 0.847. The topological polar surface area (TPSA) is 109 Å². The van der Waals surface area contributed by atoms with Crippen LogP contribution in [-0.4, -0.2) is 41.0 Å². The number of aliphatic carboxylic acids is 1. The van der Waals surface area contributed by atoms with Crippen LogP contribution in [0.25, 0.3) is 11.1 Å². The number of nitrogens with one attached hydrogen (secondary N) is 1. The zero-order chi connectivity index (χ0) is 25.8. The average Bonchev–Trinajstić information content (AvgIpc) is 2.93. The van der Waals surface area contributed by atoms with Crippen LogP contribution in [-0.2, 0) is 16.0 Å². The molecule has 0 spiro atoms. The summed E-state index contributed by atoms with van der Waals surface area (Å²) in [5, 5.41) is 12.1. The lowest BCUT2D eigenvalue weighted by Gasteiger charge is -2.30. The largest absolute Gasteiger partial charge is 0.490 e. The molecule has 0 unspecified atom stereocenters. The van der Waals surface area contributed by atoms with Crippen molar-refractivity contribution >= 4 is 29.2 Å². The summed E-state index contributed by atoms with van der Waals surface area (Å²) in [5.74, 6) is -0.425. The maximum atomic E-state index is 12.9. The van der Waals surface area contributed by atoms with E-state index in [1.807, 2.05) is 60.7 Å². The number of nitrogens with zero attached hydrogens (tertiary/aromatic N) is 2. The van der Waals surface area contributed by atoms with Crippen molar-refractivity contribution in [1.82, 2.24) is 4.98 Å². The number of fused-ring (bicyclic) bond motifs is 1. The molecule has 1 aromatic heterocycles. The van der Waals surface area contributed by atoms with Crippen LogP contribution in [0.4, 0.5) is 16.2 Å². The molecule has 5 rings (SSSR count). The molecule has 8 heteroatoms. The van der Waals surface area contributed by atoms with E-state index < -0.39 is 5.97 Å². The number of rotatable bonds is 6. The molecule has 2 heterocycles. The summed E-state index contributed by atoms with van der Waals surface area (Å²) in [5.41, 5.74) is 3.93. The van der Waals surface area contributed by atoms with Gasteiger partial charge in [0.25, 0.3) is 0 Å². The Morgan fingerprint density at radius 3 is 2.38 bits per heavy atom. The molecular weight excluding hydrogens is 470 g/mol. The molecule has 0 bridgehead atoms. The number of anilines is 2. The Morgan fingerprint density at radius 1 is 0.946 bits per heavy atom. The normalized spacial score (nSPS) is 18.9. The van der Waals surface area contributed by atoms with Gasteiger partial charge in [0, 0.05) is 35.5 Å². The minimum Gasteiger partial charge on any atom is -0.490 e. The number of carboxylic acids is 1. The zero-order valence-electron chi connectivity index (χ0n) is 20.4. The number of carbonyl (C=O) groups is 3. The standard InChI is InChI=1S/C29H29N3O5/c33-26(19-6-8-20(9-7-19)28(34)35)17-24-12-10-22(18-30-24)21-11-13-25-27(16-21)37-15-14-32(25)29(36)31-23-4-2-1-3-5-23/h1-5,10-13,16,18-20H,6-9,14-15,17H2,(H,31,36)(H,34,35). The van der Waals surface area contributed by atoms with Gasteiger partial charge in [0.15, 0.2) is 0 Å². The molecule has 190 valence electrons. The molecule has 2 amide bonds. The van der Waals surface area contributed by atoms with E-state index in [-0.39, 0.29) is 30.1 Å². The molecular formula is C29H29N3O5. The van der Waals surface area contributed by atoms with Crippen molar-refractivity contribution in [1.29, 1.82) is 0 Å². The van der Waals surface area contributed by atoms with Crippen LogP contribution in [0.2, 0.25) is 0 Å². The lowest BCUT2D eigenvalue weighted by atomic mass is 9.79. The third-order valence-electron chi connectivity index (χ3n) is 7.14. The SMILES string of the molecule is O=C(O)C1CCC(C(=O)Cc2ccc(-c3ccc4c(c3)OCCN4C(=O)Nc3ccccc3)cn2)CC1. The highest BCUT2D eigenvalue weighted by atomic mass is 16.5.